The van der Waals surface area contributed by atoms with Crippen molar-refractivity contribution in [2.24, 2.45) is 0 Å². The molecule has 172 valence electrons. The summed E-state index contributed by atoms with van der Waals surface area (Å²) in [6.45, 7) is 5.10. The zero-order valence-electron chi connectivity index (χ0n) is 18.4. The predicted octanol–water partition coefficient (Wildman–Crippen LogP) is 4.94. The molecule has 2 heterocycles. The Balaban J connectivity index is 1.36. The van der Waals surface area contributed by atoms with Gasteiger partial charge in [0.1, 0.15) is 5.75 Å². The van der Waals surface area contributed by atoms with Crippen LogP contribution in [0.1, 0.15) is 34.3 Å². The summed E-state index contributed by atoms with van der Waals surface area (Å²) < 4.78 is 10.8. The number of carbonyl (C=O) groups is 2. The molecule has 1 N–H and O–H groups in total. The van der Waals surface area contributed by atoms with Crippen molar-refractivity contribution in [2.45, 2.75) is 13.3 Å². The molecule has 1 aliphatic heterocycles. The largest absolute Gasteiger partial charge is 0.494 e. The number of amides is 2. The number of benzene rings is 2. The zero-order valence-corrected chi connectivity index (χ0v) is 19.2. The second-order valence-electron chi connectivity index (χ2n) is 7.75. The van der Waals surface area contributed by atoms with E-state index in [4.69, 9.17) is 20.8 Å². The van der Waals surface area contributed by atoms with E-state index in [0.29, 0.717) is 60.6 Å². The van der Waals surface area contributed by atoms with Gasteiger partial charge in [0.25, 0.3) is 11.8 Å². The first-order valence-corrected chi connectivity index (χ1v) is 11.3. The third kappa shape index (κ3) is 5.49. The van der Waals surface area contributed by atoms with Crippen molar-refractivity contribution < 1.29 is 18.7 Å². The molecule has 1 fully saturated rings. The average Bonchev–Trinajstić information content (AvgIpc) is 3.38. The maximum atomic E-state index is 12.7. The van der Waals surface area contributed by atoms with Crippen molar-refractivity contribution in [1.29, 1.82) is 0 Å². The van der Waals surface area contributed by atoms with E-state index in [-0.39, 0.29) is 11.8 Å². The number of rotatable bonds is 7. The number of furan rings is 1. The maximum absolute atomic E-state index is 12.7. The Morgan fingerprint density at radius 1 is 1.06 bits per heavy atom. The lowest BCUT2D eigenvalue weighted by atomic mass is 10.2. The lowest BCUT2D eigenvalue weighted by Gasteiger charge is -2.36. The maximum Gasteiger partial charge on any atom is 0.289 e. The molecular formula is C25H26ClN3O4. The summed E-state index contributed by atoms with van der Waals surface area (Å²) in [7, 11) is 0. The highest BCUT2D eigenvalue weighted by Crippen LogP contribution is 2.30. The van der Waals surface area contributed by atoms with Crippen LogP contribution < -0.4 is 15.0 Å². The summed E-state index contributed by atoms with van der Waals surface area (Å²) >= 11 is 6.55. The number of hydrogen-bond donors (Lipinski definition) is 1. The minimum Gasteiger partial charge on any atom is -0.494 e. The number of hydrogen-bond acceptors (Lipinski definition) is 5. The molecule has 33 heavy (non-hydrogen) atoms. The number of nitrogens with zero attached hydrogens (tertiary/aromatic N) is 2. The van der Waals surface area contributed by atoms with Crippen molar-refractivity contribution >= 4 is 34.8 Å². The van der Waals surface area contributed by atoms with Gasteiger partial charge in [0.05, 0.1) is 23.6 Å². The zero-order chi connectivity index (χ0) is 23.2. The summed E-state index contributed by atoms with van der Waals surface area (Å²) in [5.41, 5.74) is 2.00. The van der Waals surface area contributed by atoms with Crippen molar-refractivity contribution in [2.75, 3.05) is 43.0 Å². The van der Waals surface area contributed by atoms with Crippen LogP contribution in [0.4, 0.5) is 11.4 Å². The van der Waals surface area contributed by atoms with Gasteiger partial charge < -0.3 is 24.3 Å². The standard InChI is InChI=1S/C25H26ClN3O4/c1-2-14-32-20-6-3-5-18(16-20)24(30)27-19-8-9-22(21(26)17-19)28-10-12-29(13-11-28)25(31)23-7-4-15-33-23/h3-9,15-17H,2,10-14H2,1H3,(H,27,30). The number of carbonyl (C=O) groups excluding carboxylic acids is 2. The monoisotopic (exact) mass is 467 g/mol. The highest BCUT2D eigenvalue weighted by Gasteiger charge is 2.24. The first-order chi connectivity index (χ1) is 16.0. The second kappa shape index (κ2) is 10.4. The van der Waals surface area contributed by atoms with E-state index in [1.54, 1.807) is 41.3 Å². The Hall–Kier alpha value is -3.45. The molecule has 3 aromatic rings. The van der Waals surface area contributed by atoms with Crippen LogP contribution in [0.2, 0.25) is 5.02 Å². The van der Waals surface area contributed by atoms with Gasteiger partial charge in [-0.2, -0.15) is 0 Å². The highest BCUT2D eigenvalue weighted by atomic mass is 35.5. The fourth-order valence-corrected chi connectivity index (χ4v) is 4.00. The normalized spacial score (nSPS) is 13.6. The SMILES string of the molecule is CCCOc1cccc(C(=O)Nc2ccc(N3CCN(C(=O)c4ccco4)CC3)c(Cl)c2)c1. The molecule has 0 unspecified atom stereocenters. The molecule has 0 saturated carbocycles. The van der Waals surface area contributed by atoms with E-state index < -0.39 is 0 Å². The number of halogens is 1. The summed E-state index contributed by atoms with van der Waals surface area (Å²) in [4.78, 5) is 29.0. The first kappa shape index (κ1) is 22.7. The van der Waals surface area contributed by atoms with Gasteiger partial charge in [-0.1, -0.05) is 24.6 Å². The predicted molar refractivity (Wildman–Crippen MR) is 128 cm³/mol. The van der Waals surface area contributed by atoms with Crippen LogP contribution >= 0.6 is 11.6 Å². The Morgan fingerprint density at radius 3 is 2.58 bits per heavy atom. The first-order valence-electron chi connectivity index (χ1n) is 11.0. The topological polar surface area (TPSA) is 75.0 Å². The van der Waals surface area contributed by atoms with Crippen molar-refractivity contribution in [1.82, 2.24) is 4.90 Å². The van der Waals surface area contributed by atoms with Crippen LogP contribution in [0.5, 0.6) is 5.75 Å². The molecule has 0 aliphatic carbocycles. The van der Waals surface area contributed by atoms with E-state index in [1.807, 2.05) is 25.1 Å². The molecule has 1 aromatic heterocycles. The van der Waals surface area contributed by atoms with Gasteiger partial charge in [0, 0.05) is 37.4 Å². The Kier molecular flexibility index (Phi) is 7.19. The van der Waals surface area contributed by atoms with Gasteiger partial charge in [0.2, 0.25) is 0 Å². The molecule has 1 aliphatic rings. The minimum absolute atomic E-state index is 0.104. The Morgan fingerprint density at radius 2 is 1.88 bits per heavy atom. The molecular weight excluding hydrogens is 442 g/mol. The number of anilines is 2. The molecule has 2 amide bonds. The van der Waals surface area contributed by atoms with Crippen molar-refractivity contribution in [3.8, 4) is 5.75 Å². The molecule has 0 bridgehead atoms. The van der Waals surface area contributed by atoms with E-state index in [1.165, 1.54) is 6.26 Å². The molecule has 1 saturated heterocycles. The van der Waals surface area contributed by atoms with E-state index in [2.05, 4.69) is 10.2 Å². The Labute approximate surface area is 197 Å². The smallest absolute Gasteiger partial charge is 0.289 e. The van der Waals surface area contributed by atoms with Gasteiger partial charge in [-0.05, 0) is 55.0 Å². The van der Waals surface area contributed by atoms with Crippen LogP contribution in [0.15, 0.2) is 65.3 Å². The minimum atomic E-state index is -0.231. The van der Waals surface area contributed by atoms with Gasteiger partial charge in [-0.15, -0.1) is 0 Å². The fourth-order valence-electron chi connectivity index (χ4n) is 3.70. The molecule has 4 rings (SSSR count). The summed E-state index contributed by atoms with van der Waals surface area (Å²) in [6.07, 6.45) is 2.40. The number of piperazine rings is 1. The van der Waals surface area contributed by atoms with E-state index >= 15 is 0 Å². The van der Waals surface area contributed by atoms with Crippen LogP contribution in [0.25, 0.3) is 0 Å². The van der Waals surface area contributed by atoms with Crippen LogP contribution in [-0.4, -0.2) is 49.5 Å². The molecule has 0 radical (unpaired) electrons. The average molecular weight is 468 g/mol. The van der Waals surface area contributed by atoms with Crippen LogP contribution in [0, 0.1) is 0 Å². The molecule has 2 aromatic carbocycles. The third-order valence-electron chi connectivity index (χ3n) is 5.41. The van der Waals surface area contributed by atoms with Gasteiger partial charge in [0.15, 0.2) is 5.76 Å². The quantitative estimate of drug-likeness (QED) is 0.533. The highest BCUT2D eigenvalue weighted by molar-refractivity contribution is 6.33. The van der Waals surface area contributed by atoms with E-state index in [9.17, 15) is 9.59 Å². The van der Waals surface area contributed by atoms with Gasteiger partial charge >= 0.3 is 0 Å². The number of nitrogens with one attached hydrogen (secondary N) is 1. The molecule has 0 spiro atoms. The lowest BCUT2D eigenvalue weighted by Crippen LogP contribution is -2.48. The Bertz CT molecular complexity index is 1110. The summed E-state index contributed by atoms with van der Waals surface area (Å²) in [6, 6.07) is 15.9. The number of ether oxygens (including phenoxy) is 1. The van der Waals surface area contributed by atoms with Gasteiger partial charge in [-0.3, -0.25) is 9.59 Å². The molecule has 8 heteroatoms. The lowest BCUT2D eigenvalue weighted by molar-refractivity contribution is 0.0714. The van der Waals surface area contributed by atoms with Gasteiger partial charge in [-0.25, -0.2) is 0 Å². The second-order valence-corrected chi connectivity index (χ2v) is 8.16. The van der Waals surface area contributed by atoms with E-state index in [0.717, 1.165) is 12.1 Å². The summed E-state index contributed by atoms with van der Waals surface area (Å²) in [5, 5.41) is 3.43. The fraction of sp³-hybridized carbons (Fsp3) is 0.280. The van der Waals surface area contributed by atoms with Crippen LogP contribution in [-0.2, 0) is 0 Å². The molecule has 0 atom stereocenters. The third-order valence-corrected chi connectivity index (χ3v) is 5.72. The molecule has 7 nitrogen and oxygen atoms in total. The van der Waals surface area contributed by atoms with Crippen molar-refractivity contribution in [3.63, 3.8) is 0 Å². The summed E-state index contributed by atoms with van der Waals surface area (Å²) in [5.74, 6) is 0.686. The van der Waals surface area contributed by atoms with Crippen molar-refractivity contribution in [3.05, 3.63) is 77.2 Å². The van der Waals surface area contributed by atoms with Crippen LogP contribution in [0.3, 0.4) is 0 Å².